The highest BCUT2D eigenvalue weighted by Gasteiger charge is 2.43. The highest BCUT2D eigenvalue weighted by atomic mass is 127. The van der Waals surface area contributed by atoms with Crippen molar-refractivity contribution in [2.75, 3.05) is 26.2 Å². The lowest BCUT2D eigenvalue weighted by Gasteiger charge is -2.38. The van der Waals surface area contributed by atoms with Crippen molar-refractivity contribution in [3.8, 4) is 0 Å². The smallest absolute Gasteiger partial charge is 0.193 e. The quantitative estimate of drug-likeness (QED) is 0.428. The average Bonchev–Trinajstić information content (AvgIpc) is 2.95. The summed E-state index contributed by atoms with van der Waals surface area (Å²) in [5.74, 6) is -0.0902. The summed E-state index contributed by atoms with van der Waals surface area (Å²) >= 11 is 0. The summed E-state index contributed by atoms with van der Waals surface area (Å²) in [4.78, 5) is 6.90. The number of nitrogens with one attached hydrogen (secondary N) is 1. The molecule has 1 spiro atoms. The third-order valence-corrected chi connectivity index (χ3v) is 5.17. The lowest BCUT2D eigenvalue weighted by Crippen LogP contribution is -2.42. The van der Waals surface area contributed by atoms with Crippen LogP contribution in [-0.2, 0) is 6.42 Å². The van der Waals surface area contributed by atoms with Crippen LogP contribution in [0.25, 0.3) is 0 Å². The largest absolute Gasteiger partial charge is 0.357 e. The Morgan fingerprint density at radius 1 is 1.25 bits per heavy atom. The van der Waals surface area contributed by atoms with Gasteiger partial charge in [0.05, 0.1) is 0 Å². The molecule has 1 saturated heterocycles. The number of halogens is 3. The summed E-state index contributed by atoms with van der Waals surface area (Å²) in [5, 5.41) is 3.31. The Bertz CT molecular complexity index is 567. The standard InChI is InChI=1S/C18H25F2N3.HI/c1-2-21-17(23-12-10-18(13-23)8-4-9-18)22-11-7-14-15(19)5-3-6-16(14)20;/h3,5-6H,2,4,7-13H2,1H3,(H,21,22);1H. The zero-order valence-corrected chi connectivity index (χ0v) is 16.5. The molecule has 1 aliphatic carbocycles. The first-order chi connectivity index (χ1) is 11.1. The fourth-order valence-corrected chi connectivity index (χ4v) is 3.67. The van der Waals surface area contributed by atoms with Gasteiger partial charge in [0.2, 0.25) is 0 Å². The normalized spacial score (nSPS) is 19.1. The van der Waals surface area contributed by atoms with E-state index in [4.69, 9.17) is 0 Å². The monoisotopic (exact) mass is 449 g/mol. The van der Waals surface area contributed by atoms with Gasteiger partial charge in [-0.1, -0.05) is 12.5 Å². The van der Waals surface area contributed by atoms with Gasteiger partial charge in [0.1, 0.15) is 11.6 Å². The summed E-state index contributed by atoms with van der Waals surface area (Å²) in [5.41, 5.74) is 0.636. The predicted molar refractivity (Wildman–Crippen MR) is 104 cm³/mol. The van der Waals surface area contributed by atoms with E-state index in [1.165, 1.54) is 43.9 Å². The summed E-state index contributed by atoms with van der Waals surface area (Å²) in [6, 6.07) is 3.99. The zero-order chi connectivity index (χ0) is 16.3. The van der Waals surface area contributed by atoms with Crippen LogP contribution >= 0.6 is 24.0 Å². The van der Waals surface area contributed by atoms with E-state index >= 15 is 0 Å². The van der Waals surface area contributed by atoms with Gasteiger partial charge < -0.3 is 10.2 Å². The predicted octanol–water partition coefficient (Wildman–Crippen LogP) is 3.97. The van der Waals surface area contributed by atoms with Crippen LogP contribution in [0, 0.1) is 17.0 Å². The van der Waals surface area contributed by atoms with Crippen LogP contribution in [0.15, 0.2) is 23.2 Å². The van der Waals surface area contributed by atoms with Gasteiger partial charge in [-0.15, -0.1) is 24.0 Å². The Labute approximate surface area is 159 Å². The van der Waals surface area contributed by atoms with E-state index in [9.17, 15) is 8.78 Å². The first-order valence-electron chi connectivity index (χ1n) is 8.60. The molecule has 0 bridgehead atoms. The van der Waals surface area contributed by atoms with Crippen molar-refractivity contribution < 1.29 is 8.78 Å². The first-order valence-corrected chi connectivity index (χ1v) is 8.60. The molecule has 3 nitrogen and oxygen atoms in total. The summed E-state index contributed by atoms with van der Waals surface area (Å²) in [6.07, 6.45) is 5.51. The molecule has 0 radical (unpaired) electrons. The van der Waals surface area contributed by atoms with Crippen LogP contribution in [0.3, 0.4) is 0 Å². The van der Waals surface area contributed by atoms with Crippen molar-refractivity contribution in [1.82, 2.24) is 10.2 Å². The topological polar surface area (TPSA) is 27.6 Å². The van der Waals surface area contributed by atoms with E-state index in [1.807, 2.05) is 6.92 Å². The highest BCUT2D eigenvalue weighted by Crippen LogP contribution is 2.47. The third-order valence-electron chi connectivity index (χ3n) is 5.17. The van der Waals surface area contributed by atoms with Gasteiger partial charge >= 0.3 is 0 Å². The van der Waals surface area contributed by atoms with Gasteiger partial charge in [-0.3, -0.25) is 4.99 Å². The minimum Gasteiger partial charge on any atom is -0.357 e. The maximum absolute atomic E-state index is 13.7. The lowest BCUT2D eigenvalue weighted by atomic mass is 9.68. The van der Waals surface area contributed by atoms with Gasteiger partial charge in [0, 0.05) is 31.7 Å². The number of likely N-dealkylation sites (tertiary alicyclic amines) is 1. The zero-order valence-electron chi connectivity index (χ0n) is 14.2. The highest BCUT2D eigenvalue weighted by molar-refractivity contribution is 14.0. The molecular weight excluding hydrogens is 423 g/mol. The van der Waals surface area contributed by atoms with Gasteiger partial charge in [-0.25, -0.2) is 8.78 Å². The number of hydrogen-bond donors (Lipinski definition) is 1. The second kappa shape index (κ2) is 8.45. The molecule has 1 aliphatic heterocycles. The molecular formula is C18H26F2IN3. The van der Waals surface area contributed by atoms with E-state index < -0.39 is 11.6 Å². The second-order valence-electron chi connectivity index (χ2n) is 6.71. The van der Waals surface area contributed by atoms with Crippen LogP contribution in [0.1, 0.15) is 38.2 Å². The number of aliphatic imine (C=N–C) groups is 1. The van der Waals surface area contributed by atoms with Crippen LogP contribution in [0.5, 0.6) is 0 Å². The first kappa shape index (κ1) is 19.4. The number of hydrogen-bond acceptors (Lipinski definition) is 1. The minimum absolute atomic E-state index is 0. The van der Waals surface area contributed by atoms with E-state index in [0.29, 0.717) is 12.0 Å². The molecule has 24 heavy (non-hydrogen) atoms. The number of rotatable bonds is 4. The molecule has 0 unspecified atom stereocenters. The van der Waals surface area contributed by atoms with Gasteiger partial charge in [-0.05, 0) is 50.2 Å². The Morgan fingerprint density at radius 3 is 2.50 bits per heavy atom. The Balaban J connectivity index is 0.00000208. The minimum atomic E-state index is -0.486. The lowest BCUT2D eigenvalue weighted by molar-refractivity contribution is 0.151. The average molecular weight is 449 g/mol. The van der Waals surface area contributed by atoms with E-state index in [1.54, 1.807) is 0 Å². The van der Waals surface area contributed by atoms with Crippen molar-refractivity contribution >= 4 is 29.9 Å². The molecule has 2 aliphatic rings. The molecule has 1 saturated carbocycles. The molecule has 1 aromatic carbocycles. The molecule has 1 N–H and O–H groups in total. The molecule has 1 heterocycles. The molecule has 3 rings (SSSR count). The van der Waals surface area contributed by atoms with Crippen LogP contribution < -0.4 is 5.32 Å². The van der Waals surface area contributed by atoms with E-state index in [2.05, 4.69) is 15.2 Å². The van der Waals surface area contributed by atoms with Crippen LogP contribution in [0.2, 0.25) is 0 Å². The molecule has 0 atom stereocenters. The fourth-order valence-electron chi connectivity index (χ4n) is 3.67. The van der Waals surface area contributed by atoms with E-state index in [0.717, 1.165) is 25.6 Å². The summed E-state index contributed by atoms with van der Waals surface area (Å²) in [6.45, 7) is 5.33. The van der Waals surface area contributed by atoms with Crippen molar-refractivity contribution in [2.45, 2.75) is 39.0 Å². The van der Waals surface area contributed by atoms with Gasteiger partial charge in [0.25, 0.3) is 0 Å². The molecule has 0 amide bonds. The van der Waals surface area contributed by atoms with Gasteiger partial charge in [-0.2, -0.15) is 0 Å². The van der Waals surface area contributed by atoms with Crippen LogP contribution in [-0.4, -0.2) is 37.0 Å². The number of guanidine groups is 1. The number of benzene rings is 1. The Morgan fingerprint density at radius 2 is 1.96 bits per heavy atom. The Kier molecular flexibility index (Phi) is 6.83. The SMILES string of the molecule is CCNC(=NCCc1c(F)cccc1F)N1CCC2(CCC2)C1.I. The number of nitrogens with zero attached hydrogens (tertiary/aromatic N) is 2. The summed E-state index contributed by atoms with van der Waals surface area (Å²) < 4.78 is 27.3. The van der Waals surface area contributed by atoms with Crippen molar-refractivity contribution in [2.24, 2.45) is 10.4 Å². The van der Waals surface area contributed by atoms with Gasteiger partial charge in [0.15, 0.2) is 5.96 Å². The van der Waals surface area contributed by atoms with Crippen molar-refractivity contribution in [1.29, 1.82) is 0 Å². The molecule has 0 aromatic heterocycles. The maximum atomic E-state index is 13.7. The second-order valence-corrected chi connectivity index (χ2v) is 6.71. The van der Waals surface area contributed by atoms with Crippen LogP contribution in [0.4, 0.5) is 8.78 Å². The van der Waals surface area contributed by atoms with E-state index in [-0.39, 0.29) is 36.0 Å². The maximum Gasteiger partial charge on any atom is 0.193 e. The van der Waals surface area contributed by atoms with Crippen molar-refractivity contribution in [3.05, 3.63) is 35.4 Å². The molecule has 2 fully saturated rings. The van der Waals surface area contributed by atoms with Crippen molar-refractivity contribution in [3.63, 3.8) is 0 Å². The molecule has 6 heteroatoms. The molecule has 134 valence electrons. The fraction of sp³-hybridized carbons (Fsp3) is 0.611. The third kappa shape index (κ3) is 4.18. The Hall–Kier alpha value is -0.920. The molecule has 1 aromatic rings. The summed E-state index contributed by atoms with van der Waals surface area (Å²) in [7, 11) is 0.